The molecule has 15 atom stereocenters. The highest BCUT2D eigenvalue weighted by Crippen LogP contribution is 2.83. The molecule has 7 rings (SSSR count). The molecule has 2 saturated heterocycles. The Hall–Kier alpha value is -0.950. The number of hydrogen-bond acceptors (Lipinski definition) is 6. The fraction of sp³-hybridized carbons (Fsp3) is 0.897. The lowest BCUT2D eigenvalue weighted by Gasteiger charge is -2.72. The third kappa shape index (κ3) is 2.17. The van der Waals surface area contributed by atoms with E-state index in [1.54, 1.807) is 0 Å². The number of carbonyl (C=O) groups is 1. The van der Waals surface area contributed by atoms with Gasteiger partial charge in [-0.05, 0) is 66.8 Å². The summed E-state index contributed by atoms with van der Waals surface area (Å²) >= 11 is 0. The van der Waals surface area contributed by atoms with Crippen LogP contribution in [0.1, 0.15) is 73.1 Å². The van der Waals surface area contributed by atoms with Gasteiger partial charge in [-0.2, -0.15) is 0 Å². The van der Waals surface area contributed by atoms with Crippen LogP contribution in [0, 0.1) is 51.2 Å². The summed E-state index contributed by atoms with van der Waals surface area (Å²) in [5, 5.41) is 33.2. The minimum atomic E-state index is -1.01. The van der Waals surface area contributed by atoms with Gasteiger partial charge in [-0.3, -0.25) is 4.79 Å². The standard InChI is InChI=1S/C29H42O6/c1-13-7-8-28-10-9-27(6)26(5)12-16(30)18-15(3)19(32)17(31)11-25(18,4)22(26)20-23(34-20)29(27,35-24(28)33)21(28)14(13)2/h13-14,16-23,30-32H,3,7-12H2,1-2,4-6H3/t13-,14?,16-,17-,18-,19?,20+,21?,22?,23+,25?,26?,27+,28?,29?/m1/s1. The van der Waals surface area contributed by atoms with Crippen LogP contribution in [0.5, 0.6) is 0 Å². The maximum atomic E-state index is 13.8. The molecule has 1 spiro atoms. The molecule has 0 aromatic rings. The molecule has 2 aliphatic heterocycles. The van der Waals surface area contributed by atoms with E-state index in [4.69, 9.17) is 9.47 Å². The fourth-order valence-electron chi connectivity index (χ4n) is 11.9. The van der Waals surface area contributed by atoms with Gasteiger partial charge in [-0.1, -0.05) is 41.2 Å². The number of aliphatic hydroxyl groups is 3. The summed E-state index contributed by atoms with van der Waals surface area (Å²) in [5.74, 6) is 0.806. The van der Waals surface area contributed by atoms with Crippen molar-refractivity contribution in [2.24, 2.45) is 51.2 Å². The minimum Gasteiger partial charge on any atom is -0.455 e. The van der Waals surface area contributed by atoms with Crippen LogP contribution in [0.15, 0.2) is 12.2 Å². The van der Waals surface area contributed by atoms with Crippen molar-refractivity contribution in [3.05, 3.63) is 12.2 Å². The SMILES string of the molecule is C=C1C(O)[C@H](O)CC2(C)C3[C@@H]4O[C@@H]4C45OC(=O)C6(CC[C@@H](C)C(C)C64)CC[C@@]5(C)C3(C)C[C@@H](O)[C@@H]12. The maximum absolute atomic E-state index is 13.8. The predicted octanol–water partition coefficient (Wildman–Crippen LogP) is 3.22. The molecule has 7 aliphatic rings. The molecular weight excluding hydrogens is 444 g/mol. The molecule has 0 radical (unpaired) electrons. The number of fused-ring (bicyclic) bond motifs is 6. The highest BCUT2D eigenvalue weighted by atomic mass is 16.6. The average molecular weight is 487 g/mol. The topological polar surface area (TPSA) is 99.5 Å². The molecule has 0 amide bonds. The van der Waals surface area contributed by atoms with Gasteiger partial charge in [0.1, 0.15) is 12.2 Å². The predicted molar refractivity (Wildman–Crippen MR) is 128 cm³/mol. The molecule has 6 nitrogen and oxygen atoms in total. The zero-order chi connectivity index (χ0) is 25.1. The third-order valence-electron chi connectivity index (χ3n) is 13.6. The van der Waals surface area contributed by atoms with E-state index in [1.165, 1.54) is 0 Å². The van der Waals surface area contributed by atoms with Crippen molar-refractivity contribution in [2.75, 3.05) is 0 Å². The van der Waals surface area contributed by atoms with Gasteiger partial charge in [0.25, 0.3) is 0 Å². The van der Waals surface area contributed by atoms with E-state index in [0.29, 0.717) is 30.3 Å². The number of aliphatic hydroxyl groups excluding tert-OH is 3. The lowest BCUT2D eigenvalue weighted by molar-refractivity contribution is -0.280. The van der Waals surface area contributed by atoms with E-state index < -0.39 is 34.7 Å². The first kappa shape index (κ1) is 23.2. The fourth-order valence-corrected chi connectivity index (χ4v) is 11.9. The van der Waals surface area contributed by atoms with E-state index in [-0.39, 0.29) is 46.8 Å². The summed E-state index contributed by atoms with van der Waals surface area (Å²) in [6, 6.07) is 0. The summed E-state index contributed by atoms with van der Waals surface area (Å²) in [7, 11) is 0. The van der Waals surface area contributed by atoms with E-state index >= 15 is 0 Å². The van der Waals surface area contributed by atoms with Gasteiger partial charge < -0.3 is 24.8 Å². The lowest BCUT2D eigenvalue weighted by atomic mass is 9.31. The molecule has 2 heterocycles. The monoisotopic (exact) mass is 486 g/mol. The number of epoxide rings is 1. The molecule has 5 saturated carbocycles. The van der Waals surface area contributed by atoms with E-state index in [2.05, 4.69) is 41.2 Å². The highest BCUT2D eigenvalue weighted by Gasteiger charge is 2.89. The van der Waals surface area contributed by atoms with Crippen molar-refractivity contribution in [3.8, 4) is 0 Å². The Balaban J connectivity index is 1.42. The lowest BCUT2D eigenvalue weighted by Crippen LogP contribution is -2.76. The Morgan fingerprint density at radius 2 is 1.69 bits per heavy atom. The zero-order valence-corrected chi connectivity index (χ0v) is 21.8. The average Bonchev–Trinajstić information content (AvgIpc) is 3.52. The van der Waals surface area contributed by atoms with Crippen LogP contribution >= 0.6 is 0 Å². The van der Waals surface area contributed by atoms with E-state index in [0.717, 1.165) is 25.7 Å². The summed E-state index contributed by atoms with van der Waals surface area (Å²) in [6.45, 7) is 15.6. The molecule has 8 unspecified atom stereocenters. The van der Waals surface area contributed by atoms with Crippen LogP contribution in [-0.2, 0) is 14.3 Å². The van der Waals surface area contributed by atoms with Crippen molar-refractivity contribution in [1.82, 2.24) is 0 Å². The van der Waals surface area contributed by atoms with Gasteiger partial charge in [0, 0.05) is 23.2 Å². The van der Waals surface area contributed by atoms with Gasteiger partial charge >= 0.3 is 5.97 Å². The van der Waals surface area contributed by atoms with Crippen LogP contribution in [0.2, 0.25) is 0 Å². The largest absolute Gasteiger partial charge is 0.455 e. The summed E-state index contributed by atoms with van der Waals surface area (Å²) in [4.78, 5) is 13.8. The molecule has 7 fully saturated rings. The van der Waals surface area contributed by atoms with Gasteiger partial charge in [0.05, 0.1) is 23.7 Å². The summed E-state index contributed by atoms with van der Waals surface area (Å²) in [5.41, 5.74) is -1.69. The van der Waals surface area contributed by atoms with Crippen molar-refractivity contribution < 1.29 is 29.6 Å². The number of esters is 1. The van der Waals surface area contributed by atoms with Crippen molar-refractivity contribution >= 4 is 5.97 Å². The van der Waals surface area contributed by atoms with Crippen LogP contribution in [0.4, 0.5) is 0 Å². The number of carbonyl (C=O) groups excluding carboxylic acids is 1. The molecule has 5 aliphatic carbocycles. The smallest absolute Gasteiger partial charge is 0.313 e. The van der Waals surface area contributed by atoms with Crippen LogP contribution < -0.4 is 0 Å². The van der Waals surface area contributed by atoms with Crippen molar-refractivity contribution in [1.29, 1.82) is 0 Å². The Labute approximate surface area is 208 Å². The molecule has 194 valence electrons. The van der Waals surface area contributed by atoms with Crippen molar-refractivity contribution in [3.63, 3.8) is 0 Å². The minimum absolute atomic E-state index is 0.00805. The Kier molecular flexibility index (Phi) is 4.21. The first-order valence-corrected chi connectivity index (χ1v) is 13.9. The number of hydrogen-bond donors (Lipinski definition) is 3. The number of rotatable bonds is 0. The van der Waals surface area contributed by atoms with Crippen LogP contribution in [0.25, 0.3) is 0 Å². The van der Waals surface area contributed by atoms with Gasteiger partial charge in [0.2, 0.25) is 0 Å². The first-order chi connectivity index (χ1) is 16.3. The second-order valence-electron chi connectivity index (χ2n) is 14.5. The van der Waals surface area contributed by atoms with Gasteiger partial charge in [-0.15, -0.1) is 0 Å². The molecule has 6 heteroatoms. The molecule has 3 N–H and O–H groups in total. The molecule has 2 bridgehead atoms. The van der Waals surface area contributed by atoms with Gasteiger partial charge in [0.15, 0.2) is 5.60 Å². The second kappa shape index (κ2) is 6.36. The highest BCUT2D eigenvalue weighted by molar-refractivity contribution is 5.82. The zero-order valence-electron chi connectivity index (χ0n) is 21.8. The molecular formula is C29H42O6. The Morgan fingerprint density at radius 1 is 0.971 bits per heavy atom. The van der Waals surface area contributed by atoms with Crippen LogP contribution in [-0.4, -0.2) is 57.4 Å². The Bertz CT molecular complexity index is 1030. The second-order valence-corrected chi connectivity index (χ2v) is 14.5. The Morgan fingerprint density at radius 3 is 2.40 bits per heavy atom. The third-order valence-corrected chi connectivity index (χ3v) is 13.6. The summed E-state index contributed by atoms with van der Waals surface area (Å²) in [6.07, 6.45) is 1.87. The first-order valence-electron chi connectivity index (χ1n) is 13.9. The van der Waals surface area contributed by atoms with Crippen LogP contribution in [0.3, 0.4) is 0 Å². The molecule has 0 aromatic heterocycles. The number of ether oxygens (including phenoxy) is 2. The molecule has 0 aromatic carbocycles. The summed E-state index contributed by atoms with van der Waals surface area (Å²) < 4.78 is 13.4. The van der Waals surface area contributed by atoms with E-state index in [9.17, 15) is 20.1 Å². The van der Waals surface area contributed by atoms with E-state index in [1.807, 2.05) is 0 Å². The normalized spacial score (nSPS) is 66.4. The quantitative estimate of drug-likeness (QED) is 0.276. The van der Waals surface area contributed by atoms with Crippen molar-refractivity contribution in [2.45, 2.75) is 109 Å². The van der Waals surface area contributed by atoms with Gasteiger partial charge in [-0.25, -0.2) is 0 Å². The maximum Gasteiger partial charge on any atom is 0.313 e. The molecule has 35 heavy (non-hydrogen) atoms.